The Labute approximate surface area is 126 Å². The second-order valence-electron chi connectivity index (χ2n) is 3.92. The van der Waals surface area contributed by atoms with Gasteiger partial charge in [0.2, 0.25) is 0 Å². The van der Waals surface area contributed by atoms with Gasteiger partial charge in [0, 0.05) is 21.3 Å². The molecule has 3 N–H and O–H groups in total. The summed E-state index contributed by atoms with van der Waals surface area (Å²) in [5.74, 6) is 0. The first-order chi connectivity index (χ1) is 10.1. The topological polar surface area (TPSA) is 111 Å². The van der Waals surface area contributed by atoms with Gasteiger partial charge in [-0.3, -0.25) is 0 Å². The highest BCUT2D eigenvalue weighted by Crippen LogP contribution is 2.09. The Kier molecular flexibility index (Phi) is 12.5. The zero-order valence-electron chi connectivity index (χ0n) is 12.9. The molecule has 0 atom stereocenters. The molecular weight excluding hydrogens is 300 g/mol. The SMILES string of the molecule is COCCO[Si](CNC(N)=O)(OCCOC)OCCOC. The van der Waals surface area contributed by atoms with E-state index in [0.717, 1.165) is 0 Å². The largest absolute Gasteiger partial charge is 0.521 e. The molecule has 0 aromatic rings. The molecule has 10 heteroatoms. The highest BCUT2D eigenvalue weighted by atomic mass is 28.4. The molecule has 0 saturated carbocycles. The molecule has 0 unspecified atom stereocenters. The van der Waals surface area contributed by atoms with Crippen molar-refractivity contribution in [3.63, 3.8) is 0 Å². The second-order valence-corrected chi connectivity index (χ2v) is 6.51. The van der Waals surface area contributed by atoms with Gasteiger partial charge < -0.3 is 38.5 Å². The minimum absolute atomic E-state index is 0.0689. The maximum atomic E-state index is 10.9. The lowest BCUT2D eigenvalue weighted by molar-refractivity contribution is 0.0144. The molecule has 21 heavy (non-hydrogen) atoms. The first-order valence-electron chi connectivity index (χ1n) is 6.52. The third kappa shape index (κ3) is 10.6. The number of carbonyl (C=O) groups excluding carboxylic acids is 1. The fourth-order valence-corrected chi connectivity index (χ4v) is 3.44. The van der Waals surface area contributed by atoms with Crippen molar-refractivity contribution in [2.75, 3.05) is 67.1 Å². The van der Waals surface area contributed by atoms with E-state index >= 15 is 0 Å². The summed E-state index contributed by atoms with van der Waals surface area (Å²) in [6.07, 6.45) is 0.0689. The van der Waals surface area contributed by atoms with Gasteiger partial charge in [0.15, 0.2) is 0 Å². The van der Waals surface area contributed by atoms with Crippen LogP contribution in [0.3, 0.4) is 0 Å². The average Bonchev–Trinajstić information content (AvgIpc) is 2.46. The van der Waals surface area contributed by atoms with Crippen LogP contribution < -0.4 is 11.1 Å². The maximum Gasteiger partial charge on any atom is 0.521 e. The summed E-state index contributed by atoms with van der Waals surface area (Å²) in [5.41, 5.74) is 5.10. The van der Waals surface area contributed by atoms with E-state index in [0.29, 0.717) is 19.8 Å². The Balaban J connectivity index is 4.64. The van der Waals surface area contributed by atoms with Crippen molar-refractivity contribution in [1.29, 1.82) is 0 Å². The normalized spacial score (nSPS) is 11.6. The van der Waals surface area contributed by atoms with Gasteiger partial charge in [0.1, 0.15) is 0 Å². The number of hydrogen-bond acceptors (Lipinski definition) is 7. The number of nitrogens with two attached hydrogens (primary N) is 1. The first kappa shape index (κ1) is 20.2. The molecule has 0 aliphatic carbocycles. The summed E-state index contributed by atoms with van der Waals surface area (Å²) in [5, 5.41) is 2.47. The van der Waals surface area contributed by atoms with E-state index in [1.807, 2.05) is 0 Å². The summed E-state index contributed by atoms with van der Waals surface area (Å²) in [4.78, 5) is 10.9. The number of ether oxygens (including phenoxy) is 3. The van der Waals surface area contributed by atoms with Crippen molar-refractivity contribution in [2.24, 2.45) is 5.73 Å². The van der Waals surface area contributed by atoms with E-state index in [1.165, 1.54) is 0 Å². The van der Waals surface area contributed by atoms with Crippen LogP contribution >= 0.6 is 0 Å². The molecule has 0 saturated heterocycles. The van der Waals surface area contributed by atoms with E-state index in [4.69, 9.17) is 33.2 Å². The van der Waals surface area contributed by atoms with Crippen LogP contribution in [0.5, 0.6) is 0 Å². The fraction of sp³-hybridized carbons (Fsp3) is 0.909. The number of nitrogens with one attached hydrogen (secondary N) is 1. The van der Waals surface area contributed by atoms with Crippen molar-refractivity contribution >= 4 is 14.8 Å². The summed E-state index contributed by atoms with van der Waals surface area (Å²) >= 11 is 0. The smallest absolute Gasteiger partial charge is 0.382 e. The lowest BCUT2D eigenvalue weighted by atomic mass is 10.8. The molecule has 0 aliphatic heterocycles. The molecule has 0 aliphatic rings. The number of methoxy groups -OCH3 is 3. The Morgan fingerprint density at radius 2 is 1.24 bits per heavy atom. The molecule has 0 aromatic carbocycles. The van der Waals surface area contributed by atoms with Gasteiger partial charge in [-0.2, -0.15) is 0 Å². The summed E-state index contributed by atoms with van der Waals surface area (Å²) < 4.78 is 31.9. The third-order valence-corrected chi connectivity index (χ3v) is 4.85. The number of urea groups is 1. The molecule has 0 rings (SSSR count). The van der Waals surface area contributed by atoms with Crippen LogP contribution in [0, 0.1) is 0 Å². The summed E-state index contributed by atoms with van der Waals surface area (Å²) in [6, 6.07) is -0.673. The molecule has 0 aromatic heterocycles. The van der Waals surface area contributed by atoms with Crippen molar-refractivity contribution in [1.82, 2.24) is 5.32 Å². The van der Waals surface area contributed by atoms with Gasteiger partial charge in [0.25, 0.3) is 0 Å². The van der Waals surface area contributed by atoms with Crippen LogP contribution in [0.1, 0.15) is 0 Å². The van der Waals surface area contributed by atoms with Crippen molar-refractivity contribution < 1.29 is 32.3 Å². The van der Waals surface area contributed by atoms with E-state index in [9.17, 15) is 4.79 Å². The van der Waals surface area contributed by atoms with Gasteiger partial charge in [-0.1, -0.05) is 0 Å². The van der Waals surface area contributed by atoms with E-state index in [-0.39, 0.29) is 26.0 Å². The van der Waals surface area contributed by atoms with E-state index in [2.05, 4.69) is 5.32 Å². The number of hydrogen-bond donors (Lipinski definition) is 2. The second kappa shape index (κ2) is 12.9. The zero-order chi connectivity index (χ0) is 16.0. The fourth-order valence-electron chi connectivity index (χ4n) is 1.31. The molecule has 2 amide bonds. The molecule has 0 fully saturated rings. The van der Waals surface area contributed by atoms with Crippen LogP contribution in [0.2, 0.25) is 0 Å². The number of rotatable bonds is 14. The summed E-state index contributed by atoms with van der Waals surface area (Å²) in [7, 11) is 1.56. The van der Waals surface area contributed by atoms with Crippen molar-refractivity contribution in [3.05, 3.63) is 0 Å². The third-order valence-electron chi connectivity index (χ3n) is 2.31. The standard InChI is InChI=1S/C11H26N2O7Si/c1-15-4-7-18-21(10-13-11(12)14,19-8-5-16-2)20-9-6-17-3/h4-10H2,1-3H3,(H3,12,13,14). The monoisotopic (exact) mass is 326 g/mol. The van der Waals surface area contributed by atoms with Crippen LogP contribution in [0.4, 0.5) is 4.79 Å². The van der Waals surface area contributed by atoms with Crippen LogP contribution in [-0.2, 0) is 27.5 Å². The Morgan fingerprint density at radius 1 is 0.857 bits per heavy atom. The Morgan fingerprint density at radius 3 is 1.52 bits per heavy atom. The molecule has 0 spiro atoms. The highest BCUT2D eigenvalue weighted by Gasteiger charge is 2.42. The molecular formula is C11H26N2O7Si. The van der Waals surface area contributed by atoms with Crippen LogP contribution in [0.25, 0.3) is 0 Å². The Hall–Kier alpha value is -0.753. The number of primary amides is 1. The molecule has 9 nitrogen and oxygen atoms in total. The molecule has 0 radical (unpaired) electrons. The average molecular weight is 326 g/mol. The van der Waals surface area contributed by atoms with E-state index < -0.39 is 14.8 Å². The summed E-state index contributed by atoms with van der Waals surface area (Å²) in [6.45, 7) is 1.99. The minimum Gasteiger partial charge on any atom is -0.382 e. The van der Waals surface area contributed by atoms with Crippen molar-refractivity contribution in [2.45, 2.75) is 0 Å². The van der Waals surface area contributed by atoms with Gasteiger partial charge in [0.05, 0.1) is 45.8 Å². The number of amides is 2. The maximum absolute atomic E-state index is 10.9. The van der Waals surface area contributed by atoms with Gasteiger partial charge in [-0.05, 0) is 0 Å². The highest BCUT2D eigenvalue weighted by molar-refractivity contribution is 6.61. The molecule has 0 heterocycles. The number of carbonyl (C=O) groups is 1. The van der Waals surface area contributed by atoms with Gasteiger partial charge >= 0.3 is 14.8 Å². The predicted octanol–water partition coefficient (Wildman–Crippen LogP) is -0.878. The lowest BCUT2D eigenvalue weighted by Crippen LogP contribution is -2.57. The quantitative estimate of drug-likeness (QED) is 0.315. The lowest BCUT2D eigenvalue weighted by Gasteiger charge is -2.29. The van der Waals surface area contributed by atoms with Gasteiger partial charge in [-0.25, -0.2) is 4.79 Å². The van der Waals surface area contributed by atoms with Crippen LogP contribution in [-0.4, -0.2) is 82.0 Å². The predicted molar refractivity (Wildman–Crippen MR) is 76.8 cm³/mol. The van der Waals surface area contributed by atoms with Gasteiger partial charge in [-0.15, -0.1) is 0 Å². The molecule has 126 valence electrons. The van der Waals surface area contributed by atoms with Crippen LogP contribution in [0.15, 0.2) is 0 Å². The zero-order valence-corrected chi connectivity index (χ0v) is 13.9. The minimum atomic E-state index is -3.12. The molecule has 0 bridgehead atoms. The first-order valence-corrected chi connectivity index (χ1v) is 8.45. The van der Waals surface area contributed by atoms with Crippen molar-refractivity contribution in [3.8, 4) is 0 Å². The Bertz CT molecular complexity index is 244. The van der Waals surface area contributed by atoms with E-state index in [1.54, 1.807) is 21.3 Å².